The Morgan fingerprint density at radius 1 is 1.27 bits per heavy atom. The maximum atomic E-state index is 11.9. The van der Waals surface area contributed by atoms with Gasteiger partial charge in [-0.1, -0.05) is 23.7 Å². The summed E-state index contributed by atoms with van der Waals surface area (Å²) < 4.78 is 5.53. The Hall–Kier alpha value is -2.51. The predicted molar refractivity (Wildman–Crippen MR) is 86.2 cm³/mol. The highest BCUT2D eigenvalue weighted by Crippen LogP contribution is 2.21. The summed E-state index contributed by atoms with van der Waals surface area (Å²) in [4.78, 5) is 11.9. The van der Waals surface area contributed by atoms with Crippen LogP contribution in [0.2, 0.25) is 5.02 Å². The molecule has 1 amide bonds. The molecule has 0 aromatic heterocycles. The van der Waals surface area contributed by atoms with E-state index in [-0.39, 0.29) is 12.5 Å². The molecule has 0 aliphatic rings. The first-order valence-corrected chi connectivity index (χ1v) is 7.07. The van der Waals surface area contributed by atoms with Gasteiger partial charge in [0.15, 0.2) is 6.61 Å². The fraction of sp³-hybridized carbons (Fsp3) is 0.176. The number of nitrogens with zero attached hydrogens (tertiary/aromatic N) is 1. The largest absolute Gasteiger partial charge is 0.483 e. The molecule has 0 saturated heterocycles. The number of halogens is 1. The lowest BCUT2D eigenvalue weighted by Crippen LogP contribution is -2.20. The van der Waals surface area contributed by atoms with Gasteiger partial charge in [-0.2, -0.15) is 5.26 Å². The maximum absolute atomic E-state index is 11.9. The van der Waals surface area contributed by atoms with Gasteiger partial charge in [0, 0.05) is 5.69 Å². The van der Waals surface area contributed by atoms with Crippen LogP contribution in [0.25, 0.3) is 0 Å². The first-order valence-electron chi connectivity index (χ1n) is 6.69. The minimum Gasteiger partial charge on any atom is -0.483 e. The molecule has 0 atom stereocenters. The number of amides is 1. The highest BCUT2D eigenvalue weighted by Gasteiger charge is 2.07. The summed E-state index contributed by atoms with van der Waals surface area (Å²) in [5.74, 6) is 0.398. The number of rotatable bonds is 4. The van der Waals surface area contributed by atoms with Gasteiger partial charge < -0.3 is 10.1 Å². The lowest BCUT2D eigenvalue weighted by atomic mass is 10.1. The average molecular weight is 315 g/mol. The van der Waals surface area contributed by atoms with Crippen molar-refractivity contribution in [3.63, 3.8) is 0 Å². The second-order valence-electron chi connectivity index (χ2n) is 4.91. The Kier molecular flexibility index (Phi) is 5.03. The van der Waals surface area contributed by atoms with Crippen molar-refractivity contribution >= 4 is 23.2 Å². The average Bonchev–Trinajstić information content (AvgIpc) is 2.48. The molecular formula is C17H15ClN2O2. The molecule has 0 radical (unpaired) electrons. The minimum atomic E-state index is -0.290. The van der Waals surface area contributed by atoms with Crippen molar-refractivity contribution in [2.45, 2.75) is 13.8 Å². The third kappa shape index (κ3) is 4.00. The molecule has 0 unspecified atom stereocenters. The van der Waals surface area contributed by atoms with E-state index >= 15 is 0 Å². The number of hydrogen-bond acceptors (Lipinski definition) is 3. The number of anilines is 1. The van der Waals surface area contributed by atoms with Gasteiger partial charge in [-0.15, -0.1) is 0 Å². The van der Waals surface area contributed by atoms with E-state index in [1.165, 1.54) is 6.07 Å². The number of nitriles is 1. The third-order valence-electron chi connectivity index (χ3n) is 3.08. The van der Waals surface area contributed by atoms with Crippen molar-refractivity contribution in [3.05, 3.63) is 58.1 Å². The summed E-state index contributed by atoms with van der Waals surface area (Å²) >= 11 is 5.92. The van der Waals surface area contributed by atoms with E-state index in [2.05, 4.69) is 5.32 Å². The van der Waals surface area contributed by atoms with Gasteiger partial charge in [-0.3, -0.25) is 4.79 Å². The van der Waals surface area contributed by atoms with E-state index < -0.39 is 0 Å². The topological polar surface area (TPSA) is 62.1 Å². The number of hydrogen-bond donors (Lipinski definition) is 1. The van der Waals surface area contributed by atoms with E-state index in [0.717, 1.165) is 11.1 Å². The molecule has 2 aromatic carbocycles. The lowest BCUT2D eigenvalue weighted by molar-refractivity contribution is -0.118. The molecule has 0 fully saturated rings. The van der Waals surface area contributed by atoms with Crippen LogP contribution in [-0.2, 0) is 4.79 Å². The molecule has 4 nitrogen and oxygen atoms in total. The summed E-state index contributed by atoms with van der Waals surface area (Å²) in [6.45, 7) is 3.79. The number of benzene rings is 2. The highest BCUT2D eigenvalue weighted by atomic mass is 35.5. The SMILES string of the molecule is Cc1ccc(C)c(OCC(=O)Nc2ccc(C#N)c(Cl)c2)c1. The van der Waals surface area contributed by atoms with Crippen LogP contribution in [0.4, 0.5) is 5.69 Å². The van der Waals surface area contributed by atoms with Gasteiger partial charge in [-0.05, 0) is 49.2 Å². The van der Waals surface area contributed by atoms with Crippen molar-refractivity contribution in [1.82, 2.24) is 0 Å². The molecule has 0 saturated carbocycles. The van der Waals surface area contributed by atoms with Crippen LogP contribution >= 0.6 is 11.6 Å². The Morgan fingerprint density at radius 3 is 2.73 bits per heavy atom. The Labute approximate surface area is 134 Å². The van der Waals surface area contributed by atoms with Crippen molar-refractivity contribution in [3.8, 4) is 11.8 Å². The zero-order valence-electron chi connectivity index (χ0n) is 12.3. The number of ether oxygens (including phenoxy) is 1. The molecule has 0 bridgehead atoms. The first kappa shape index (κ1) is 15.9. The number of nitrogens with one attached hydrogen (secondary N) is 1. The lowest BCUT2D eigenvalue weighted by Gasteiger charge is -2.10. The van der Waals surface area contributed by atoms with Gasteiger partial charge in [0.05, 0.1) is 10.6 Å². The first-order chi connectivity index (χ1) is 10.5. The zero-order valence-corrected chi connectivity index (χ0v) is 13.1. The second kappa shape index (κ2) is 6.97. The molecule has 112 valence electrons. The smallest absolute Gasteiger partial charge is 0.262 e. The van der Waals surface area contributed by atoms with Crippen LogP contribution in [0.5, 0.6) is 5.75 Å². The van der Waals surface area contributed by atoms with Crippen LogP contribution in [0, 0.1) is 25.2 Å². The van der Waals surface area contributed by atoms with Gasteiger partial charge in [-0.25, -0.2) is 0 Å². The molecule has 0 aliphatic carbocycles. The molecule has 0 heterocycles. The summed E-state index contributed by atoms with van der Waals surface area (Å²) in [5, 5.41) is 11.8. The van der Waals surface area contributed by atoms with Crippen molar-refractivity contribution in [2.24, 2.45) is 0 Å². The molecule has 5 heteroatoms. The Bertz CT molecular complexity index is 751. The van der Waals surface area contributed by atoms with Crippen molar-refractivity contribution in [2.75, 3.05) is 11.9 Å². The van der Waals surface area contributed by atoms with Crippen molar-refractivity contribution in [1.29, 1.82) is 5.26 Å². The molecule has 0 spiro atoms. The molecule has 22 heavy (non-hydrogen) atoms. The summed E-state index contributed by atoms with van der Waals surface area (Å²) in [6, 6.07) is 12.5. The van der Waals surface area contributed by atoms with Gasteiger partial charge in [0.1, 0.15) is 11.8 Å². The predicted octanol–water partition coefficient (Wildman–Crippen LogP) is 3.85. The molecule has 0 aliphatic heterocycles. The molecular weight excluding hydrogens is 300 g/mol. The number of carbonyl (C=O) groups excluding carboxylic acids is 1. The summed E-state index contributed by atoms with van der Waals surface area (Å²) in [7, 11) is 0. The summed E-state index contributed by atoms with van der Waals surface area (Å²) in [6.07, 6.45) is 0. The maximum Gasteiger partial charge on any atom is 0.262 e. The number of aryl methyl sites for hydroxylation is 2. The van der Waals surface area contributed by atoms with Crippen LogP contribution < -0.4 is 10.1 Å². The Morgan fingerprint density at radius 2 is 2.05 bits per heavy atom. The summed E-state index contributed by atoms with van der Waals surface area (Å²) in [5.41, 5.74) is 2.93. The number of carbonyl (C=O) groups is 1. The van der Waals surface area contributed by atoms with E-state index in [1.807, 2.05) is 38.1 Å². The normalized spacial score (nSPS) is 9.91. The van der Waals surface area contributed by atoms with E-state index in [4.69, 9.17) is 21.6 Å². The fourth-order valence-corrected chi connectivity index (χ4v) is 2.11. The minimum absolute atomic E-state index is 0.0953. The van der Waals surface area contributed by atoms with Gasteiger partial charge in [0.25, 0.3) is 5.91 Å². The fourth-order valence-electron chi connectivity index (χ4n) is 1.89. The van der Waals surface area contributed by atoms with Crippen LogP contribution in [-0.4, -0.2) is 12.5 Å². The molecule has 2 aromatic rings. The molecule has 2 rings (SSSR count). The quantitative estimate of drug-likeness (QED) is 0.932. The zero-order chi connectivity index (χ0) is 16.1. The standard InChI is InChI=1S/C17H15ClN2O2/c1-11-3-4-12(2)16(7-11)22-10-17(21)20-14-6-5-13(9-19)15(18)8-14/h3-8H,10H2,1-2H3,(H,20,21). The van der Waals surface area contributed by atoms with E-state index in [0.29, 0.717) is 22.0 Å². The molecule has 1 N–H and O–H groups in total. The monoisotopic (exact) mass is 314 g/mol. The van der Waals surface area contributed by atoms with Crippen molar-refractivity contribution < 1.29 is 9.53 Å². The van der Waals surface area contributed by atoms with Crippen LogP contribution in [0.1, 0.15) is 16.7 Å². The highest BCUT2D eigenvalue weighted by molar-refractivity contribution is 6.32. The van der Waals surface area contributed by atoms with Gasteiger partial charge in [0.2, 0.25) is 0 Å². The van der Waals surface area contributed by atoms with E-state index in [9.17, 15) is 4.79 Å². The Balaban J connectivity index is 1.97. The van der Waals surface area contributed by atoms with Gasteiger partial charge >= 0.3 is 0 Å². The van der Waals surface area contributed by atoms with E-state index in [1.54, 1.807) is 12.1 Å². The third-order valence-corrected chi connectivity index (χ3v) is 3.39. The van der Waals surface area contributed by atoms with Crippen LogP contribution in [0.15, 0.2) is 36.4 Å². The van der Waals surface area contributed by atoms with Crippen LogP contribution in [0.3, 0.4) is 0 Å². The second-order valence-corrected chi connectivity index (χ2v) is 5.32.